The van der Waals surface area contributed by atoms with Crippen LogP contribution in [0.1, 0.15) is 0 Å². The third-order valence-electron chi connectivity index (χ3n) is 4.88. The number of pyridine rings is 4. The van der Waals surface area contributed by atoms with E-state index >= 15 is 0 Å². The summed E-state index contributed by atoms with van der Waals surface area (Å²) >= 11 is 0. The zero-order valence-corrected chi connectivity index (χ0v) is 23.7. The fourth-order valence-corrected chi connectivity index (χ4v) is 4.05. The van der Waals surface area contributed by atoms with Gasteiger partial charge in [-0.15, -0.1) is 35.9 Å². The van der Waals surface area contributed by atoms with Crippen LogP contribution in [-0.4, -0.2) is 19.9 Å². The van der Waals surface area contributed by atoms with Crippen LogP contribution in [0.25, 0.3) is 33.6 Å². The van der Waals surface area contributed by atoms with Crippen molar-refractivity contribution < 1.29 is 20.4 Å². The molecule has 1 aromatic carbocycles. The average Bonchev–Trinajstić information content (AvgIpc) is 3.01. The van der Waals surface area contributed by atoms with Gasteiger partial charge in [-0.25, -0.2) is 4.98 Å². The fraction of sp³-hybridized carbons (Fsp3) is 0. The maximum Gasteiger partial charge on any atom is 0.171 e. The Morgan fingerprint density at radius 2 is 1.16 bits per heavy atom. The van der Waals surface area contributed by atoms with Crippen LogP contribution in [0.2, 0.25) is 0 Å². The normalized spacial score (nSPS) is 9.62. The Kier molecular flexibility index (Phi) is 12.0. The molecular weight excluding hydrogens is 646 g/mol. The Bertz CT molecular complexity index is 1290. The maximum absolute atomic E-state index is 4.69. The van der Waals surface area contributed by atoms with Crippen molar-refractivity contribution in [2.24, 2.45) is 0 Å². The van der Waals surface area contributed by atoms with Crippen LogP contribution < -0.4 is 0 Å². The molecule has 0 aliphatic rings. The summed E-state index contributed by atoms with van der Waals surface area (Å²) in [5.74, 6) is 2.17. The van der Waals surface area contributed by atoms with E-state index in [-0.39, 0.29) is 20.4 Å². The van der Waals surface area contributed by atoms with Gasteiger partial charge in [0.1, 0.15) is 19.7 Å². The Balaban J connectivity index is 0.000000172. The molecule has 0 saturated carbocycles. The summed E-state index contributed by atoms with van der Waals surface area (Å²) < 4.78 is 0. The van der Waals surface area contributed by atoms with Gasteiger partial charge >= 0.3 is 0 Å². The SMILES string of the molecule is [Re].[c-]1ccccc1-c1ccccn1.c1ccc(-c2cccc(-c3cccc[pH+]3)n2)nc1.c1ccncc1. The van der Waals surface area contributed by atoms with Gasteiger partial charge in [-0.2, -0.15) is 0 Å². The molecule has 6 heteroatoms. The monoisotopic (exact) mass is 671 g/mol. The third-order valence-corrected chi connectivity index (χ3v) is 5.97. The number of nitrogens with zero attached hydrogens (tertiary/aromatic N) is 4. The van der Waals surface area contributed by atoms with Gasteiger partial charge in [-0.1, -0.05) is 36.4 Å². The number of rotatable bonds is 3. The second-order valence-corrected chi connectivity index (χ2v) is 8.58. The van der Waals surface area contributed by atoms with Crippen molar-refractivity contribution in [3.8, 4) is 33.6 Å². The van der Waals surface area contributed by atoms with Gasteiger partial charge in [0.2, 0.25) is 0 Å². The molecule has 0 spiro atoms. The van der Waals surface area contributed by atoms with Gasteiger partial charge in [-0.05, 0) is 60.3 Å². The Morgan fingerprint density at radius 1 is 0.514 bits per heavy atom. The van der Waals surface area contributed by atoms with Crippen molar-refractivity contribution >= 4 is 8.19 Å². The van der Waals surface area contributed by atoms with Crippen LogP contribution in [0.5, 0.6) is 0 Å². The molecule has 37 heavy (non-hydrogen) atoms. The van der Waals surface area contributed by atoms with Crippen molar-refractivity contribution in [1.82, 2.24) is 19.9 Å². The minimum absolute atomic E-state index is 0. The Morgan fingerprint density at radius 3 is 1.73 bits per heavy atom. The van der Waals surface area contributed by atoms with E-state index in [1.807, 2.05) is 91.0 Å². The van der Waals surface area contributed by atoms with Gasteiger partial charge in [0.15, 0.2) is 5.30 Å². The molecule has 0 aliphatic carbocycles. The molecule has 0 amide bonds. The summed E-state index contributed by atoms with van der Waals surface area (Å²) in [5, 5.41) is 1.27. The van der Waals surface area contributed by atoms with Crippen molar-refractivity contribution in [1.29, 1.82) is 0 Å². The molecule has 1 radical (unpaired) electrons. The quantitative estimate of drug-likeness (QED) is 0.181. The Hall–Kier alpha value is -3.87. The summed E-state index contributed by atoms with van der Waals surface area (Å²) in [6.45, 7) is 0. The first kappa shape index (κ1) is 27.7. The molecule has 4 nitrogen and oxygen atoms in total. The molecule has 5 heterocycles. The zero-order chi connectivity index (χ0) is 24.7. The molecule has 0 aliphatic heterocycles. The number of hydrogen-bond donors (Lipinski definition) is 0. The number of aromatic nitrogens is 4. The van der Waals surface area contributed by atoms with Gasteiger partial charge in [0.25, 0.3) is 0 Å². The maximum atomic E-state index is 4.69. The Labute approximate surface area is 233 Å². The summed E-state index contributed by atoms with van der Waals surface area (Å²) in [6.07, 6.45) is 7.08. The van der Waals surface area contributed by atoms with E-state index in [1.54, 1.807) is 24.8 Å². The molecule has 0 bridgehead atoms. The fourth-order valence-electron chi connectivity index (χ4n) is 3.18. The molecule has 1 unspecified atom stereocenters. The first-order valence-corrected chi connectivity index (χ1v) is 12.6. The topological polar surface area (TPSA) is 51.6 Å². The molecule has 181 valence electrons. The first-order chi connectivity index (χ1) is 17.9. The third kappa shape index (κ3) is 9.26. The summed E-state index contributed by atoms with van der Waals surface area (Å²) in [5.41, 5.74) is 4.89. The van der Waals surface area contributed by atoms with Crippen LogP contribution in [0.4, 0.5) is 0 Å². The smallest absolute Gasteiger partial charge is 0.171 e. The second-order valence-electron chi connectivity index (χ2n) is 7.42. The molecule has 6 rings (SSSR count). The van der Waals surface area contributed by atoms with E-state index in [4.69, 9.17) is 0 Å². The standard InChI is InChI=1S/C15H11N2P.C11H8N.C5H5N.Re/c1-3-10-16-12(6-1)13-7-5-8-14(17-13)15-9-2-4-11-18-15;1-2-6-10(7-3-1)11-8-4-5-9-12-11;1-2-4-6-5-3-1;/h1-11H;1-6,8-9H;1-5H;/q;-1;;/p+1. The van der Waals surface area contributed by atoms with Crippen molar-refractivity contribution in [3.63, 3.8) is 0 Å². The van der Waals surface area contributed by atoms with Crippen LogP contribution in [0.3, 0.4) is 0 Å². The average molecular weight is 671 g/mol. The van der Waals surface area contributed by atoms with Gasteiger partial charge < -0.3 is 4.98 Å². The number of benzene rings is 1. The van der Waals surface area contributed by atoms with Gasteiger partial charge in [-0.3, -0.25) is 9.97 Å². The van der Waals surface area contributed by atoms with Crippen LogP contribution in [0.15, 0.2) is 146 Å². The van der Waals surface area contributed by atoms with Gasteiger partial charge in [0.05, 0.1) is 11.4 Å². The van der Waals surface area contributed by atoms with Crippen LogP contribution >= 0.6 is 8.19 Å². The minimum atomic E-state index is 0. The van der Waals surface area contributed by atoms with E-state index in [1.165, 1.54) is 5.30 Å². The van der Waals surface area contributed by atoms with Crippen molar-refractivity contribution in [3.05, 3.63) is 152 Å². The van der Waals surface area contributed by atoms with Crippen LogP contribution in [-0.2, 0) is 20.4 Å². The predicted octanol–water partition coefficient (Wildman–Crippen LogP) is 7.75. The molecule has 0 N–H and O–H groups in total. The van der Waals surface area contributed by atoms with E-state index in [0.29, 0.717) is 8.19 Å². The zero-order valence-electron chi connectivity index (χ0n) is 20.0. The summed E-state index contributed by atoms with van der Waals surface area (Å²) in [7, 11) is 0.691. The van der Waals surface area contributed by atoms with Crippen molar-refractivity contribution in [2.45, 2.75) is 0 Å². The van der Waals surface area contributed by atoms with E-state index in [9.17, 15) is 0 Å². The van der Waals surface area contributed by atoms with E-state index in [2.05, 4.69) is 56.1 Å². The van der Waals surface area contributed by atoms with Crippen LogP contribution in [0, 0.1) is 6.07 Å². The largest absolute Gasteiger partial charge is 0.305 e. The van der Waals surface area contributed by atoms with Gasteiger partial charge in [0, 0.05) is 45.2 Å². The predicted molar refractivity (Wildman–Crippen MR) is 150 cm³/mol. The summed E-state index contributed by atoms with van der Waals surface area (Å²) in [6, 6.07) is 40.8. The molecule has 0 fully saturated rings. The molecule has 0 saturated heterocycles. The molecular formula is C31H25N4PRe. The molecule has 6 aromatic rings. The van der Waals surface area contributed by atoms with E-state index in [0.717, 1.165) is 28.3 Å². The minimum Gasteiger partial charge on any atom is -0.305 e. The number of hydrogen-bond acceptors (Lipinski definition) is 4. The van der Waals surface area contributed by atoms with E-state index < -0.39 is 0 Å². The molecule has 5 aromatic heterocycles. The molecule has 1 atom stereocenters. The van der Waals surface area contributed by atoms with Crippen molar-refractivity contribution in [2.75, 3.05) is 0 Å². The summed E-state index contributed by atoms with van der Waals surface area (Å²) in [4.78, 5) is 17.0. The second kappa shape index (κ2) is 16.0. The first-order valence-electron chi connectivity index (χ1n) is 11.5.